The van der Waals surface area contributed by atoms with Gasteiger partial charge >= 0.3 is 71.7 Å². The van der Waals surface area contributed by atoms with Crippen molar-refractivity contribution in [1.29, 1.82) is 0 Å². The quantitative estimate of drug-likeness (QED) is 0.338. The van der Waals surface area contributed by atoms with Crippen molar-refractivity contribution in [2.45, 2.75) is 6.68 Å². The van der Waals surface area contributed by atoms with E-state index in [0.717, 1.165) is 0 Å². The maximum atomic E-state index is 9.67. The molecule has 0 nitrogen and oxygen atoms in total. The molecule has 0 rings (SSSR count). The molecule has 7 heteroatoms. The number of rotatable bonds is 0. The third-order valence-corrected chi connectivity index (χ3v) is 0. The van der Waals surface area contributed by atoms with Crippen molar-refractivity contribution >= 4 is 65.1 Å². The molecule has 0 heterocycles. The Kier molecular flexibility index (Phi) is 15.6. The first kappa shape index (κ1) is 13.1. The summed E-state index contributed by atoms with van der Waals surface area (Å²) in [5.74, 6) is 0. The van der Waals surface area contributed by atoms with E-state index in [1.807, 2.05) is 0 Å². The monoisotopic (exact) mass is 526 g/mol. The van der Waals surface area contributed by atoms with Crippen LogP contribution in [0.1, 0.15) is 0 Å². The third kappa shape index (κ3) is 75.8. The molecule has 0 aliphatic heterocycles. The molecule has 0 aliphatic rings. The Labute approximate surface area is 83.3 Å². The fourth-order valence-corrected chi connectivity index (χ4v) is 0. The van der Waals surface area contributed by atoms with Crippen LogP contribution in [0, 0.1) is 0 Å². The van der Waals surface area contributed by atoms with Crippen LogP contribution in [0.15, 0.2) is 0 Å². The van der Waals surface area contributed by atoms with Gasteiger partial charge in [0.05, 0.1) is 0 Å². The van der Waals surface area contributed by atoms with Gasteiger partial charge in [0.2, 0.25) is 0 Å². The number of alkyl halides is 3. The zero-order chi connectivity index (χ0) is 7.15. The van der Waals surface area contributed by atoms with Crippen LogP contribution in [0.4, 0.5) is 13.2 Å². The number of hydrogen-bond acceptors (Lipinski definition) is 0. The number of hydrogen-bond donors (Lipinski definition) is 0. The molecule has 0 aromatic carbocycles. The van der Waals surface area contributed by atoms with Crippen molar-refractivity contribution in [2.75, 3.05) is 0 Å². The average molecular weight is 524 g/mol. The maximum absolute atomic E-state index is 9.67. The Morgan fingerprint density at radius 1 is 1.00 bits per heavy atom. The van der Waals surface area contributed by atoms with E-state index in [9.17, 15) is 13.2 Å². The average Bonchev–Trinajstić information content (AvgIpc) is 1.25. The predicted octanol–water partition coefficient (Wildman–Crippen LogP) is 3.19. The summed E-state index contributed by atoms with van der Waals surface area (Å²) in [6.07, 6.45) is 0. The van der Waals surface area contributed by atoms with E-state index >= 15 is 0 Å². The van der Waals surface area contributed by atoms with Crippen molar-refractivity contribution in [3.8, 4) is 0 Å². The Morgan fingerprint density at radius 2 is 1.00 bits per heavy atom. The van der Waals surface area contributed by atoms with Gasteiger partial charge in [0.1, 0.15) is 0 Å². The summed E-state index contributed by atoms with van der Waals surface area (Å²) < 4.78 is 28.4. The van der Waals surface area contributed by atoms with Gasteiger partial charge in [-0.3, -0.25) is 0 Å². The van der Waals surface area contributed by atoms with Crippen LogP contribution in [0.3, 0.4) is 0 Å². The van der Waals surface area contributed by atoms with Crippen LogP contribution in [0.5, 0.6) is 0 Å². The van der Waals surface area contributed by atoms with Crippen LogP contribution in [0.25, 0.3) is 0 Å². The van der Waals surface area contributed by atoms with Gasteiger partial charge in [-0.15, -0.1) is 0 Å². The summed E-state index contributed by atoms with van der Waals surface area (Å²) in [5.41, 5.74) is 0. The van der Waals surface area contributed by atoms with E-state index in [1.54, 1.807) is 0 Å². The van der Waals surface area contributed by atoms with Crippen molar-refractivity contribution < 1.29 is 13.2 Å². The summed E-state index contributed by atoms with van der Waals surface area (Å²) in [6, 6.07) is 0. The first-order chi connectivity index (χ1) is 3.46. The van der Waals surface area contributed by atoms with Gasteiger partial charge in [-0.2, -0.15) is 13.2 Å². The molecule has 0 aromatic heterocycles. The van der Waals surface area contributed by atoms with Gasteiger partial charge in [-0.05, 0) is 0 Å². The van der Waals surface area contributed by atoms with Crippen LogP contribution >= 0.6 is 60.6 Å². The zero-order valence-electron chi connectivity index (χ0n) is 3.42. The van der Waals surface area contributed by atoms with E-state index in [2.05, 4.69) is 60.6 Å². The third-order valence-electron chi connectivity index (χ3n) is 0. The molecule has 0 radical (unpaired) electrons. The normalized spacial score (nSPS) is 9.00. The molecule has 8 heavy (non-hydrogen) atoms. The van der Waals surface area contributed by atoms with Crippen molar-refractivity contribution in [3.05, 3.63) is 0 Å². The molecule has 52 valence electrons. The van der Waals surface area contributed by atoms with Gasteiger partial charge in [-0.25, -0.2) is 0 Å². The van der Waals surface area contributed by atoms with Crippen LogP contribution in [-0.4, -0.2) is 11.1 Å². The second kappa shape index (κ2) is 9.52. The zero-order valence-corrected chi connectivity index (χ0v) is 12.3. The molecule has 0 saturated heterocycles. The predicted molar refractivity (Wildman–Crippen MR) is 56.3 cm³/mol. The van der Waals surface area contributed by atoms with Crippen molar-refractivity contribution in [3.63, 3.8) is 0 Å². The fraction of sp³-hybridized carbons (Fsp3) is 1.00. The Morgan fingerprint density at radius 3 is 1.00 bits per heavy atom. The minimum absolute atomic E-state index is 0.569. The molecule has 0 spiro atoms. The standard InChI is InChI=1S/CHF3.GeHI3/c2*2-1(3)4/h2*1H. The van der Waals surface area contributed by atoms with Crippen molar-refractivity contribution in [2.24, 2.45) is 0 Å². The topological polar surface area (TPSA) is 0 Å². The molecule has 0 unspecified atom stereocenters. The van der Waals surface area contributed by atoms with Crippen molar-refractivity contribution in [1.82, 2.24) is 0 Å². The molecule has 0 aliphatic carbocycles. The molecule has 0 bridgehead atoms. The Hall–Kier alpha value is 2.52. The van der Waals surface area contributed by atoms with E-state index in [1.165, 1.54) is 0 Å². The summed E-state index contributed by atoms with van der Waals surface area (Å²) in [5, 5.41) is 0. The minimum atomic E-state index is -3.67. The van der Waals surface area contributed by atoms with Gasteiger partial charge in [0, 0.05) is 0 Å². The summed E-state index contributed by atoms with van der Waals surface area (Å²) >= 11 is 7.51. The second-order valence-electron chi connectivity index (χ2n) is 0.495. The van der Waals surface area contributed by atoms with Crippen LogP contribution < -0.4 is 0 Å². The molecule has 0 aromatic rings. The first-order valence-electron chi connectivity index (χ1n) is 1.31. The van der Waals surface area contributed by atoms with E-state index in [0.29, 0.717) is 0 Å². The van der Waals surface area contributed by atoms with Gasteiger partial charge < -0.3 is 0 Å². The first-order valence-corrected chi connectivity index (χ1v) is 23.5. The molecular weight excluding hydrogens is 522 g/mol. The van der Waals surface area contributed by atoms with E-state index in [-0.39, 0.29) is 0 Å². The van der Waals surface area contributed by atoms with Gasteiger partial charge in [0.25, 0.3) is 0 Å². The summed E-state index contributed by atoms with van der Waals surface area (Å²) in [7, 11) is 0. The molecule has 0 amide bonds. The van der Waals surface area contributed by atoms with Crippen LogP contribution in [0.2, 0.25) is 0 Å². The molecular formula is CH2F3GeI3. The fourth-order valence-electron chi connectivity index (χ4n) is 0. The Balaban J connectivity index is 0. The van der Waals surface area contributed by atoms with E-state index in [4.69, 9.17) is 0 Å². The Bertz CT molecular complexity index is 30.0. The summed E-state index contributed by atoms with van der Waals surface area (Å²) in [6.45, 7) is -3.67. The van der Waals surface area contributed by atoms with Gasteiger partial charge in [0.15, 0.2) is 0 Å². The summed E-state index contributed by atoms with van der Waals surface area (Å²) in [4.78, 5) is 0. The van der Waals surface area contributed by atoms with Gasteiger partial charge in [-0.1, -0.05) is 0 Å². The van der Waals surface area contributed by atoms with Crippen LogP contribution in [-0.2, 0) is 0 Å². The molecule has 0 fully saturated rings. The second-order valence-corrected chi connectivity index (χ2v) is 58.1. The van der Waals surface area contributed by atoms with E-state index < -0.39 is 11.1 Å². The molecule has 0 saturated carbocycles. The number of halogens is 6. The SMILES string of the molecule is FC(F)F.[I][GeH]([I])[I]. The molecule has 0 atom stereocenters. The molecule has 0 N–H and O–H groups in total.